The smallest absolute Gasteiger partial charge is 0.325 e. The van der Waals surface area contributed by atoms with Crippen LogP contribution < -0.4 is 16.0 Å². The summed E-state index contributed by atoms with van der Waals surface area (Å²) >= 11 is 0. The Bertz CT molecular complexity index is 1160. The fraction of sp³-hybridized carbons (Fsp3) is 0.269. The highest BCUT2D eigenvalue weighted by molar-refractivity contribution is 6.01. The lowest BCUT2D eigenvalue weighted by Gasteiger charge is -2.11. The summed E-state index contributed by atoms with van der Waals surface area (Å²) in [6.07, 6.45) is 2.95. The lowest BCUT2D eigenvalue weighted by molar-refractivity contribution is -0.119. The molecule has 1 aromatic heterocycles. The third-order valence-corrected chi connectivity index (χ3v) is 5.15. The molecule has 36 heavy (non-hydrogen) atoms. The minimum absolute atomic E-state index is 0. The predicted octanol–water partition coefficient (Wildman–Crippen LogP) is 4.63. The van der Waals surface area contributed by atoms with E-state index in [1.54, 1.807) is 18.3 Å². The van der Waals surface area contributed by atoms with Gasteiger partial charge in [-0.05, 0) is 80.1 Å². The van der Waals surface area contributed by atoms with Crippen molar-refractivity contribution < 1.29 is 18.4 Å². The van der Waals surface area contributed by atoms with Crippen molar-refractivity contribution in [3.05, 3.63) is 89.1 Å². The maximum absolute atomic E-state index is 14.7. The number of halogens is 3. The van der Waals surface area contributed by atoms with E-state index in [0.29, 0.717) is 17.5 Å². The van der Waals surface area contributed by atoms with Crippen molar-refractivity contribution in [1.29, 1.82) is 0 Å². The van der Waals surface area contributed by atoms with Crippen LogP contribution in [0.25, 0.3) is 0 Å². The summed E-state index contributed by atoms with van der Waals surface area (Å²) in [4.78, 5) is 30.5. The third-order valence-electron chi connectivity index (χ3n) is 5.15. The van der Waals surface area contributed by atoms with Crippen molar-refractivity contribution >= 4 is 35.9 Å². The molecule has 3 amide bonds. The molecule has 0 saturated heterocycles. The molecule has 2 aromatic carbocycles. The first-order chi connectivity index (χ1) is 16.8. The van der Waals surface area contributed by atoms with Gasteiger partial charge in [-0.1, -0.05) is 18.2 Å². The second-order valence-corrected chi connectivity index (χ2v) is 8.42. The Morgan fingerprint density at radius 1 is 0.972 bits per heavy atom. The fourth-order valence-electron chi connectivity index (χ4n) is 3.40. The molecular weight excluding hydrogens is 488 g/mol. The van der Waals surface area contributed by atoms with Gasteiger partial charge in [0.2, 0.25) is 5.91 Å². The standard InChI is InChI=1S/C26H29F2N5O2.ClH/c1-33(2)13-3-11-29-24-15-19(10-12-30-24)14-20-6-9-22(17-23(20)28)31-26(35)32-25(34)16-18-4-7-21(27)8-5-18;/h4-10,12,15,17H,3,11,13-14,16H2,1-2H3,(H,29,30)(H2,31,32,34,35);1H. The molecular formula is C26H30ClF2N5O2. The molecule has 0 spiro atoms. The van der Waals surface area contributed by atoms with Crippen LogP contribution in [-0.4, -0.2) is 49.0 Å². The number of nitrogens with one attached hydrogen (secondary N) is 3. The predicted molar refractivity (Wildman–Crippen MR) is 140 cm³/mol. The van der Waals surface area contributed by atoms with Gasteiger partial charge in [0.25, 0.3) is 0 Å². The number of amides is 3. The lowest BCUT2D eigenvalue weighted by Crippen LogP contribution is -2.35. The number of carbonyl (C=O) groups is 2. The minimum atomic E-state index is -0.775. The molecule has 0 aliphatic carbocycles. The zero-order valence-electron chi connectivity index (χ0n) is 20.2. The van der Waals surface area contributed by atoms with Gasteiger partial charge in [0, 0.05) is 24.8 Å². The van der Waals surface area contributed by atoms with E-state index in [1.807, 2.05) is 26.2 Å². The average Bonchev–Trinajstić information content (AvgIpc) is 2.80. The Morgan fingerprint density at radius 2 is 1.72 bits per heavy atom. The van der Waals surface area contributed by atoms with Crippen LogP contribution in [0.1, 0.15) is 23.1 Å². The number of carbonyl (C=O) groups excluding carboxylic acids is 2. The second-order valence-electron chi connectivity index (χ2n) is 8.42. The van der Waals surface area contributed by atoms with Gasteiger partial charge in [0.15, 0.2) is 0 Å². The van der Waals surface area contributed by atoms with E-state index in [-0.39, 0.29) is 24.5 Å². The Labute approximate surface area is 215 Å². The van der Waals surface area contributed by atoms with E-state index in [2.05, 4.69) is 25.8 Å². The van der Waals surface area contributed by atoms with Gasteiger partial charge in [-0.3, -0.25) is 10.1 Å². The van der Waals surface area contributed by atoms with Gasteiger partial charge in [-0.15, -0.1) is 12.4 Å². The van der Waals surface area contributed by atoms with E-state index in [1.165, 1.54) is 30.3 Å². The first-order valence-corrected chi connectivity index (χ1v) is 11.3. The molecule has 3 aromatic rings. The maximum Gasteiger partial charge on any atom is 0.325 e. The minimum Gasteiger partial charge on any atom is -0.370 e. The number of anilines is 2. The van der Waals surface area contributed by atoms with Gasteiger partial charge in [0.1, 0.15) is 17.5 Å². The second kappa shape index (κ2) is 14.1. The van der Waals surface area contributed by atoms with Crippen molar-refractivity contribution in [1.82, 2.24) is 15.2 Å². The summed E-state index contributed by atoms with van der Waals surface area (Å²) in [6, 6.07) is 12.7. The fourth-order valence-corrected chi connectivity index (χ4v) is 3.40. The van der Waals surface area contributed by atoms with Gasteiger partial charge in [-0.2, -0.15) is 0 Å². The number of hydrogen-bond acceptors (Lipinski definition) is 5. The molecule has 0 saturated carbocycles. The van der Waals surface area contributed by atoms with Crippen LogP contribution in [0.5, 0.6) is 0 Å². The van der Waals surface area contributed by atoms with Gasteiger partial charge >= 0.3 is 6.03 Å². The van der Waals surface area contributed by atoms with Crippen LogP contribution >= 0.6 is 12.4 Å². The monoisotopic (exact) mass is 517 g/mol. The highest BCUT2D eigenvalue weighted by Crippen LogP contribution is 2.19. The van der Waals surface area contributed by atoms with E-state index in [4.69, 9.17) is 0 Å². The van der Waals surface area contributed by atoms with Crippen LogP contribution in [-0.2, 0) is 17.6 Å². The van der Waals surface area contributed by atoms with Crippen molar-refractivity contribution in [3.8, 4) is 0 Å². The molecule has 0 radical (unpaired) electrons. The normalized spacial score (nSPS) is 10.5. The first kappa shape index (κ1) is 28.7. The van der Waals surface area contributed by atoms with Crippen LogP contribution in [0, 0.1) is 11.6 Å². The highest BCUT2D eigenvalue weighted by atomic mass is 35.5. The van der Waals surface area contributed by atoms with Crippen molar-refractivity contribution in [3.63, 3.8) is 0 Å². The van der Waals surface area contributed by atoms with Crippen molar-refractivity contribution in [2.24, 2.45) is 0 Å². The quantitative estimate of drug-likeness (QED) is 0.341. The van der Waals surface area contributed by atoms with Crippen LogP contribution in [0.2, 0.25) is 0 Å². The maximum atomic E-state index is 14.7. The average molecular weight is 518 g/mol. The Morgan fingerprint density at radius 3 is 2.42 bits per heavy atom. The molecule has 0 aliphatic rings. The summed E-state index contributed by atoms with van der Waals surface area (Å²) in [6.45, 7) is 1.76. The number of aromatic nitrogens is 1. The van der Waals surface area contributed by atoms with E-state index < -0.39 is 23.6 Å². The van der Waals surface area contributed by atoms with Gasteiger partial charge < -0.3 is 15.5 Å². The molecule has 3 rings (SSSR count). The molecule has 0 aliphatic heterocycles. The number of pyridine rings is 1. The van der Waals surface area contributed by atoms with Crippen LogP contribution in [0.3, 0.4) is 0 Å². The van der Waals surface area contributed by atoms with E-state index >= 15 is 0 Å². The molecule has 192 valence electrons. The zero-order chi connectivity index (χ0) is 25.2. The third kappa shape index (κ3) is 9.59. The summed E-state index contributed by atoms with van der Waals surface area (Å²) in [5.74, 6) is -0.705. The molecule has 0 bridgehead atoms. The molecule has 7 nitrogen and oxygen atoms in total. The van der Waals surface area contributed by atoms with E-state index in [9.17, 15) is 18.4 Å². The molecule has 0 atom stereocenters. The van der Waals surface area contributed by atoms with Gasteiger partial charge in [0.05, 0.1) is 6.42 Å². The SMILES string of the molecule is CN(C)CCCNc1cc(Cc2ccc(NC(=O)NC(=O)Cc3ccc(F)cc3)cc2F)ccn1.Cl. The summed E-state index contributed by atoms with van der Waals surface area (Å²) in [5.41, 5.74) is 2.15. The van der Waals surface area contributed by atoms with Gasteiger partial charge in [-0.25, -0.2) is 18.6 Å². The van der Waals surface area contributed by atoms with Crippen LogP contribution in [0.4, 0.5) is 25.1 Å². The highest BCUT2D eigenvalue weighted by Gasteiger charge is 2.11. The van der Waals surface area contributed by atoms with Crippen molar-refractivity contribution in [2.45, 2.75) is 19.3 Å². The molecule has 0 fully saturated rings. The summed E-state index contributed by atoms with van der Waals surface area (Å²) < 4.78 is 27.6. The molecule has 1 heterocycles. The van der Waals surface area contributed by atoms with E-state index in [0.717, 1.165) is 30.9 Å². The summed E-state index contributed by atoms with van der Waals surface area (Å²) in [5, 5.41) is 7.90. The number of imide groups is 1. The number of urea groups is 1. The lowest BCUT2D eigenvalue weighted by atomic mass is 10.0. The number of rotatable bonds is 10. The molecule has 10 heteroatoms. The topological polar surface area (TPSA) is 86.4 Å². The van der Waals surface area contributed by atoms with Crippen molar-refractivity contribution in [2.75, 3.05) is 37.8 Å². The first-order valence-electron chi connectivity index (χ1n) is 11.3. The number of hydrogen-bond donors (Lipinski definition) is 3. The van der Waals surface area contributed by atoms with Crippen LogP contribution in [0.15, 0.2) is 60.8 Å². The molecule has 3 N–H and O–H groups in total. The largest absolute Gasteiger partial charge is 0.370 e. The Balaban J connectivity index is 0.00000456. The Hall–Kier alpha value is -3.56. The summed E-state index contributed by atoms with van der Waals surface area (Å²) in [7, 11) is 4.05. The molecule has 0 unspecified atom stereocenters. The number of benzene rings is 2. The zero-order valence-corrected chi connectivity index (χ0v) is 21.0. The number of nitrogens with zero attached hydrogens (tertiary/aromatic N) is 2. The Kier molecular flexibility index (Phi) is 11.2.